The summed E-state index contributed by atoms with van der Waals surface area (Å²) in [7, 11) is 0. The number of nitrogens with one attached hydrogen (secondary N) is 1. The topological polar surface area (TPSA) is 76.4 Å². The Labute approximate surface area is 84.3 Å². The van der Waals surface area contributed by atoms with Crippen LogP contribution in [-0.4, -0.2) is 48.2 Å². The van der Waals surface area contributed by atoms with Gasteiger partial charge >= 0.3 is 0 Å². The first kappa shape index (κ1) is 12.9. The van der Waals surface area contributed by atoms with Crippen molar-refractivity contribution in [3.8, 4) is 6.07 Å². The maximum atomic E-state index is 11.2. The van der Waals surface area contributed by atoms with E-state index in [1.54, 1.807) is 0 Å². The number of nitrogens with zero attached hydrogens (tertiary/aromatic N) is 2. The number of hydrogen-bond donors (Lipinski definition) is 2. The maximum absolute atomic E-state index is 11.2. The Balaban J connectivity index is 3.91. The molecule has 0 aromatic rings. The van der Waals surface area contributed by atoms with E-state index in [1.165, 1.54) is 0 Å². The summed E-state index contributed by atoms with van der Waals surface area (Å²) in [6.45, 7) is 4.66. The van der Waals surface area contributed by atoms with Crippen LogP contribution in [0.5, 0.6) is 0 Å². The van der Waals surface area contributed by atoms with Crippen molar-refractivity contribution in [3.05, 3.63) is 0 Å². The van der Waals surface area contributed by atoms with Crippen molar-refractivity contribution in [2.75, 3.05) is 26.2 Å². The Morgan fingerprint density at radius 3 is 2.71 bits per heavy atom. The third kappa shape index (κ3) is 5.51. The highest BCUT2D eigenvalue weighted by atomic mass is 16.3. The van der Waals surface area contributed by atoms with Crippen LogP contribution >= 0.6 is 0 Å². The molecule has 0 unspecified atom stereocenters. The smallest absolute Gasteiger partial charge is 0.235 e. The first-order valence-corrected chi connectivity index (χ1v) is 4.60. The van der Waals surface area contributed by atoms with Gasteiger partial charge in [-0.2, -0.15) is 5.26 Å². The molecule has 2 N–H and O–H groups in total. The lowest BCUT2D eigenvalue weighted by Crippen LogP contribution is -2.42. The van der Waals surface area contributed by atoms with Crippen molar-refractivity contribution in [1.29, 1.82) is 5.26 Å². The molecule has 0 radical (unpaired) electrons. The van der Waals surface area contributed by atoms with Crippen LogP contribution < -0.4 is 5.32 Å². The maximum Gasteiger partial charge on any atom is 0.235 e. The van der Waals surface area contributed by atoms with E-state index in [0.29, 0.717) is 6.54 Å². The van der Waals surface area contributed by atoms with Crippen LogP contribution in [-0.2, 0) is 4.79 Å². The Kier molecular flexibility index (Phi) is 6.72. The van der Waals surface area contributed by atoms with Gasteiger partial charge in [0.05, 0.1) is 19.2 Å². The van der Waals surface area contributed by atoms with Gasteiger partial charge in [-0.15, -0.1) is 0 Å². The Hall–Kier alpha value is -1.12. The third-order valence-electron chi connectivity index (χ3n) is 1.83. The zero-order valence-electron chi connectivity index (χ0n) is 8.66. The predicted molar refractivity (Wildman–Crippen MR) is 52.4 cm³/mol. The second-order valence-electron chi connectivity index (χ2n) is 3.22. The lowest BCUT2D eigenvalue weighted by molar-refractivity contribution is -0.122. The number of rotatable bonds is 6. The molecule has 5 heteroatoms. The molecule has 0 saturated heterocycles. The lowest BCUT2D eigenvalue weighted by Gasteiger charge is -2.24. The Bertz CT molecular complexity index is 211. The summed E-state index contributed by atoms with van der Waals surface area (Å²) >= 11 is 0. The molecule has 0 heterocycles. The van der Waals surface area contributed by atoms with E-state index in [9.17, 15) is 4.79 Å². The van der Waals surface area contributed by atoms with Crippen molar-refractivity contribution in [1.82, 2.24) is 10.2 Å². The summed E-state index contributed by atoms with van der Waals surface area (Å²) in [4.78, 5) is 13.0. The molecule has 0 aromatic carbocycles. The van der Waals surface area contributed by atoms with Gasteiger partial charge in [-0.3, -0.25) is 9.69 Å². The molecular weight excluding hydrogens is 182 g/mol. The van der Waals surface area contributed by atoms with Gasteiger partial charge in [0.25, 0.3) is 0 Å². The SMILES string of the molecule is CC(C)N(CCO)CC(=O)NCC#N. The summed E-state index contributed by atoms with van der Waals surface area (Å²) in [6.07, 6.45) is 0. The number of carbonyl (C=O) groups is 1. The van der Waals surface area contributed by atoms with Crippen molar-refractivity contribution in [2.24, 2.45) is 0 Å². The van der Waals surface area contributed by atoms with E-state index in [1.807, 2.05) is 24.8 Å². The van der Waals surface area contributed by atoms with E-state index >= 15 is 0 Å². The highest BCUT2D eigenvalue weighted by molar-refractivity contribution is 5.78. The third-order valence-corrected chi connectivity index (χ3v) is 1.83. The Morgan fingerprint density at radius 1 is 1.64 bits per heavy atom. The lowest BCUT2D eigenvalue weighted by atomic mass is 10.3. The molecule has 0 aliphatic carbocycles. The molecule has 0 aliphatic rings. The molecule has 80 valence electrons. The first-order valence-electron chi connectivity index (χ1n) is 4.60. The minimum absolute atomic E-state index is 0.0315. The molecule has 0 aliphatic heterocycles. The van der Waals surface area contributed by atoms with Crippen LogP contribution in [0.25, 0.3) is 0 Å². The van der Waals surface area contributed by atoms with Crippen LogP contribution in [0.4, 0.5) is 0 Å². The highest BCUT2D eigenvalue weighted by Gasteiger charge is 2.12. The standard InChI is InChI=1S/C9H17N3O2/c1-8(2)12(5-6-13)7-9(14)11-4-3-10/h8,13H,4-7H2,1-2H3,(H,11,14). The molecule has 0 spiro atoms. The van der Waals surface area contributed by atoms with Gasteiger partial charge in [0.2, 0.25) is 5.91 Å². The quantitative estimate of drug-likeness (QED) is 0.556. The zero-order chi connectivity index (χ0) is 11.0. The monoisotopic (exact) mass is 199 g/mol. The number of nitriles is 1. The van der Waals surface area contributed by atoms with Crippen LogP contribution in [0.15, 0.2) is 0 Å². The number of hydrogen-bond acceptors (Lipinski definition) is 4. The number of carbonyl (C=O) groups excluding carboxylic acids is 1. The molecule has 14 heavy (non-hydrogen) atoms. The second-order valence-corrected chi connectivity index (χ2v) is 3.22. The minimum atomic E-state index is -0.186. The molecule has 1 amide bonds. The fraction of sp³-hybridized carbons (Fsp3) is 0.778. The van der Waals surface area contributed by atoms with E-state index < -0.39 is 0 Å². The van der Waals surface area contributed by atoms with Crippen LogP contribution in [0, 0.1) is 11.3 Å². The van der Waals surface area contributed by atoms with Gasteiger partial charge in [-0.25, -0.2) is 0 Å². The molecule has 0 fully saturated rings. The summed E-state index contributed by atoms with van der Waals surface area (Å²) in [6, 6.07) is 2.04. The van der Waals surface area contributed by atoms with Gasteiger partial charge in [-0.05, 0) is 13.8 Å². The largest absolute Gasteiger partial charge is 0.395 e. The summed E-state index contributed by atoms with van der Waals surface area (Å²) < 4.78 is 0. The van der Waals surface area contributed by atoms with Crippen molar-refractivity contribution in [2.45, 2.75) is 19.9 Å². The first-order chi connectivity index (χ1) is 6.61. The normalized spacial score (nSPS) is 10.3. The molecule has 0 saturated carbocycles. The predicted octanol–water partition coefficient (Wildman–Crippen LogP) is -0.671. The van der Waals surface area contributed by atoms with Crippen LogP contribution in [0.3, 0.4) is 0 Å². The van der Waals surface area contributed by atoms with Crippen LogP contribution in [0.1, 0.15) is 13.8 Å². The van der Waals surface area contributed by atoms with Crippen molar-refractivity contribution < 1.29 is 9.90 Å². The molecule has 0 bridgehead atoms. The van der Waals surface area contributed by atoms with Crippen LogP contribution in [0.2, 0.25) is 0 Å². The fourth-order valence-corrected chi connectivity index (χ4v) is 1.03. The fourth-order valence-electron chi connectivity index (χ4n) is 1.03. The molecule has 0 rings (SSSR count). The van der Waals surface area contributed by atoms with E-state index in [4.69, 9.17) is 10.4 Å². The summed E-state index contributed by atoms with van der Waals surface area (Å²) in [5.74, 6) is -0.186. The number of amides is 1. The van der Waals surface area contributed by atoms with Gasteiger partial charge in [0, 0.05) is 12.6 Å². The Morgan fingerprint density at radius 2 is 2.29 bits per heavy atom. The van der Waals surface area contributed by atoms with E-state index in [-0.39, 0.29) is 31.6 Å². The second kappa shape index (κ2) is 7.30. The molecule has 0 aromatic heterocycles. The minimum Gasteiger partial charge on any atom is -0.395 e. The average Bonchev–Trinajstić information content (AvgIpc) is 2.14. The average molecular weight is 199 g/mol. The van der Waals surface area contributed by atoms with E-state index in [0.717, 1.165) is 0 Å². The molecule has 5 nitrogen and oxygen atoms in total. The highest BCUT2D eigenvalue weighted by Crippen LogP contribution is 1.96. The van der Waals surface area contributed by atoms with Gasteiger partial charge in [0.1, 0.15) is 6.54 Å². The van der Waals surface area contributed by atoms with Gasteiger partial charge in [0.15, 0.2) is 0 Å². The van der Waals surface area contributed by atoms with Crippen molar-refractivity contribution in [3.63, 3.8) is 0 Å². The van der Waals surface area contributed by atoms with Gasteiger partial charge in [-0.1, -0.05) is 0 Å². The zero-order valence-corrected chi connectivity index (χ0v) is 8.66. The van der Waals surface area contributed by atoms with Gasteiger partial charge < -0.3 is 10.4 Å². The van der Waals surface area contributed by atoms with Crippen molar-refractivity contribution >= 4 is 5.91 Å². The molecule has 0 atom stereocenters. The summed E-state index contributed by atoms with van der Waals surface area (Å²) in [5, 5.41) is 19.4. The molecular formula is C9H17N3O2. The van der Waals surface area contributed by atoms with E-state index in [2.05, 4.69) is 5.32 Å². The number of aliphatic hydroxyl groups excluding tert-OH is 1. The number of aliphatic hydroxyl groups is 1. The summed E-state index contributed by atoms with van der Waals surface area (Å²) in [5.41, 5.74) is 0.